The summed E-state index contributed by atoms with van der Waals surface area (Å²) < 4.78 is 7.46. The highest BCUT2D eigenvalue weighted by Gasteiger charge is 2.04. The van der Waals surface area contributed by atoms with Crippen molar-refractivity contribution in [3.05, 3.63) is 60.4 Å². The highest BCUT2D eigenvalue weighted by Crippen LogP contribution is 2.17. The molecule has 2 rings (SSSR count). The zero-order valence-corrected chi connectivity index (χ0v) is 17.1. The minimum absolute atomic E-state index is 0. The molecule has 2 aromatic rings. The molecule has 0 radical (unpaired) electrons. The normalized spacial score (nSPS) is 10.7. The first-order chi connectivity index (χ1) is 11.7. The summed E-state index contributed by atoms with van der Waals surface area (Å²) in [6.45, 7) is 8.23. The Hall–Kier alpha value is -2.03. The Morgan fingerprint density at radius 3 is 2.84 bits per heavy atom. The summed E-state index contributed by atoms with van der Waals surface area (Å²) in [4.78, 5) is 4.59. The maximum atomic E-state index is 5.68. The van der Waals surface area contributed by atoms with Gasteiger partial charge in [0.05, 0.1) is 12.7 Å². The SMILES string of the molecule is C=CCOc1ccccc1CNC(=NCc1cnn(C)c1)NCC.I. The van der Waals surface area contributed by atoms with E-state index in [1.54, 1.807) is 10.8 Å². The van der Waals surface area contributed by atoms with Crippen LogP contribution in [0.3, 0.4) is 0 Å². The molecule has 25 heavy (non-hydrogen) atoms. The number of halogens is 1. The topological polar surface area (TPSA) is 63.5 Å². The van der Waals surface area contributed by atoms with E-state index >= 15 is 0 Å². The molecule has 0 unspecified atom stereocenters. The second-order valence-corrected chi connectivity index (χ2v) is 5.28. The molecule has 0 fully saturated rings. The summed E-state index contributed by atoms with van der Waals surface area (Å²) in [5.74, 6) is 1.62. The molecule has 2 N–H and O–H groups in total. The number of benzene rings is 1. The van der Waals surface area contributed by atoms with Gasteiger partial charge < -0.3 is 15.4 Å². The maximum absolute atomic E-state index is 5.68. The lowest BCUT2D eigenvalue weighted by atomic mass is 10.2. The lowest BCUT2D eigenvalue weighted by molar-refractivity contribution is 0.358. The molecule has 0 bridgehead atoms. The Bertz CT molecular complexity index is 684. The van der Waals surface area contributed by atoms with E-state index in [-0.39, 0.29) is 24.0 Å². The highest BCUT2D eigenvalue weighted by molar-refractivity contribution is 14.0. The molecule has 1 aromatic heterocycles. The third kappa shape index (κ3) is 7.16. The van der Waals surface area contributed by atoms with Gasteiger partial charge in [-0.3, -0.25) is 4.68 Å². The van der Waals surface area contributed by atoms with Crippen LogP contribution in [-0.4, -0.2) is 28.9 Å². The van der Waals surface area contributed by atoms with Gasteiger partial charge in [0.15, 0.2) is 5.96 Å². The van der Waals surface area contributed by atoms with Crippen molar-refractivity contribution in [2.75, 3.05) is 13.2 Å². The van der Waals surface area contributed by atoms with Crippen LogP contribution in [0, 0.1) is 0 Å². The smallest absolute Gasteiger partial charge is 0.191 e. The van der Waals surface area contributed by atoms with Crippen LogP contribution in [0.4, 0.5) is 0 Å². The van der Waals surface area contributed by atoms with Gasteiger partial charge in [-0.2, -0.15) is 5.10 Å². The van der Waals surface area contributed by atoms with Crippen LogP contribution in [0.25, 0.3) is 0 Å². The van der Waals surface area contributed by atoms with Crippen molar-refractivity contribution in [1.82, 2.24) is 20.4 Å². The minimum atomic E-state index is 0. The molecule has 0 aliphatic carbocycles. The summed E-state index contributed by atoms with van der Waals surface area (Å²) in [6, 6.07) is 7.96. The van der Waals surface area contributed by atoms with Crippen LogP contribution in [0.1, 0.15) is 18.1 Å². The Morgan fingerprint density at radius 2 is 2.16 bits per heavy atom. The van der Waals surface area contributed by atoms with E-state index in [4.69, 9.17) is 4.74 Å². The molecule has 6 nitrogen and oxygen atoms in total. The molecular formula is C18H26IN5O. The van der Waals surface area contributed by atoms with Gasteiger partial charge in [0.25, 0.3) is 0 Å². The van der Waals surface area contributed by atoms with Crippen molar-refractivity contribution in [3.63, 3.8) is 0 Å². The average Bonchev–Trinajstić information content (AvgIpc) is 3.01. The molecule has 1 heterocycles. The second-order valence-electron chi connectivity index (χ2n) is 5.28. The molecule has 0 aliphatic heterocycles. The third-order valence-corrected chi connectivity index (χ3v) is 3.30. The quantitative estimate of drug-likeness (QED) is 0.278. The van der Waals surface area contributed by atoms with E-state index in [0.717, 1.165) is 29.4 Å². The lowest BCUT2D eigenvalue weighted by Gasteiger charge is -2.14. The van der Waals surface area contributed by atoms with Gasteiger partial charge in [0, 0.05) is 37.5 Å². The number of aliphatic imine (C=N–C) groups is 1. The summed E-state index contributed by atoms with van der Waals surface area (Å²) >= 11 is 0. The summed E-state index contributed by atoms with van der Waals surface area (Å²) in [7, 11) is 1.90. The van der Waals surface area contributed by atoms with Crippen LogP contribution in [0.2, 0.25) is 0 Å². The van der Waals surface area contributed by atoms with Gasteiger partial charge in [0.1, 0.15) is 12.4 Å². The number of aromatic nitrogens is 2. The van der Waals surface area contributed by atoms with E-state index < -0.39 is 0 Å². The van der Waals surface area contributed by atoms with E-state index in [9.17, 15) is 0 Å². The van der Waals surface area contributed by atoms with Crippen LogP contribution in [0.15, 0.2) is 54.3 Å². The fraction of sp³-hybridized carbons (Fsp3) is 0.333. The molecule has 0 amide bonds. The number of para-hydroxylation sites is 1. The van der Waals surface area contributed by atoms with Crippen LogP contribution < -0.4 is 15.4 Å². The number of rotatable bonds is 8. The predicted octanol–water partition coefficient (Wildman–Crippen LogP) is 2.86. The Kier molecular flexibility index (Phi) is 9.68. The Morgan fingerprint density at radius 1 is 1.36 bits per heavy atom. The number of nitrogens with one attached hydrogen (secondary N) is 2. The molecule has 0 saturated heterocycles. The number of hydrogen-bond donors (Lipinski definition) is 2. The van der Waals surface area contributed by atoms with Crippen molar-refractivity contribution in [3.8, 4) is 5.75 Å². The zero-order valence-electron chi connectivity index (χ0n) is 14.7. The number of nitrogens with zero attached hydrogens (tertiary/aromatic N) is 3. The second kappa shape index (κ2) is 11.5. The van der Waals surface area contributed by atoms with Crippen molar-refractivity contribution in [1.29, 1.82) is 0 Å². The zero-order chi connectivity index (χ0) is 17.2. The van der Waals surface area contributed by atoms with Crippen LogP contribution >= 0.6 is 24.0 Å². The van der Waals surface area contributed by atoms with Gasteiger partial charge in [-0.15, -0.1) is 24.0 Å². The van der Waals surface area contributed by atoms with Gasteiger partial charge >= 0.3 is 0 Å². The first-order valence-electron chi connectivity index (χ1n) is 8.04. The number of guanidine groups is 1. The fourth-order valence-electron chi connectivity index (χ4n) is 2.18. The van der Waals surface area contributed by atoms with Crippen molar-refractivity contribution < 1.29 is 4.74 Å². The fourth-order valence-corrected chi connectivity index (χ4v) is 2.18. The van der Waals surface area contributed by atoms with Gasteiger partial charge in [-0.1, -0.05) is 30.9 Å². The van der Waals surface area contributed by atoms with Crippen molar-refractivity contribution in [2.24, 2.45) is 12.0 Å². The molecule has 0 spiro atoms. The molecule has 0 saturated carbocycles. The van der Waals surface area contributed by atoms with E-state index in [1.807, 2.05) is 50.6 Å². The van der Waals surface area contributed by atoms with E-state index in [1.165, 1.54) is 0 Å². The molecule has 0 atom stereocenters. The minimum Gasteiger partial charge on any atom is -0.489 e. The predicted molar refractivity (Wildman–Crippen MR) is 112 cm³/mol. The number of aryl methyl sites for hydroxylation is 1. The van der Waals surface area contributed by atoms with Gasteiger partial charge in [-0.05, 0) is 13.0 Å². The van der Waals surface area contributed by atoms with Gasteiger partial charge in [-0.25, -0.2) is 4.99 Å². The largest absolute Gasteiger partial charge is 0.489 e. The number of ether oxygens (including phenoxy) is 1. The Labute approximate surface area is 166 Å². The van der Waals surface area contributed by atoms with E-state index in [2.05, 4.69) is 27.3 Å². The average molecular weight is 455 g/mol. The molecule has 7 heteroatoms. The third-order valence-electron chi connectivity index (χ3n) is 3.30. The lowest BCUT2D eigenvalue weighted by Crippen LogP contribution is -2.36. The monoisotopic (exact) mass is 455 g/mol. The summed E-state index contributed by atoms with van der Waals surface area (Å²) in [5, 5.41) is 10.7. The Balaban J connectivity index is 0.00000312. The summed E-state index contributed by atoms with van der Waals surface area (Å²) in [6.07, 6.45) is 5.53. The molecular weight excluding hydrogens is 429 g/mol. The standard InChI is InChI=1S/C18H25N5O.HI/c1-4-10-24-17-9-7-6-8-16(17)13-21-18(19-5-2)20-11-15-12-22-23(3)14-15;/h4,6-9,12,14H,1,5,10-11,13H2,2-3H3,(H2,19,20,21);1H. The van der Waals surface area contributed by atoms with Gasteiger partial charge in [0.2, 0.25) is 0 Å². The highest BCUT2D eigenvalue weighted by atomic mass is 127. The van der Waals surface area contributed by atoms with Crippen molar-refractivity contribution in [2.45, 2.75) is 20.0 Å². The van der Waals surface area contributed by atoms with Crippen LogP contribution in [-0.2, 0) is 20.1 Å². The molecule has 0 aliphatic rings. The number of hydrogen-bond acceptors (Lipinski definition) is 3. The van der Waals surface area contributed by atoms with E-state index in [0.29, 0.717) is 19.7 Å². The van der Waals surface area contributed by atoms with Crippen LogP contribution in [0.5, 0.6) is 5.75 Å². The summed E-state index contributed by atoms with van der Waals surface area (Å²) in [5.41, 5.74) is 2.15. The first-order valence-corrected chi connectivity index (χ1v) is 8.04. The first kappa shape index (κ1) is 21.0. The molecule has 136 valence electrons. The maximum Gasteiger partial charge on any atom is 0.191 e. The van der Waals surface area contributed by atoms with Crippen molar-refractivity contribution >= 4 is 29.9 Å². The molecule has 1 aromatic carbocycles.